The van der Waals surface area contributed by atoms with Crippen LogP contribution in [0.25, 0.3) is 0 Å². The number of rotatable bonds is 66. The van der Waals surface area contributed by atoms with Crippen molar-refractivity contribution in [3.8, 4) is 0 Å². The quantitative estimate of drug-likeness (QED) is 0.0471. The monoisotopic (exact) mass is 1380 g/mol. The maximum atomic E-state index is 15.2. The summed E-state index contributed by atoms with van der Waals surface area (Å²) in [7, 11) is -12.1. The predicted molar refractivity (Wildman–Crippen MR) is 426 cm³/mol. The fraction of sp³-hybridized carbons (Fsp3) is 0.975. The molecule has 532 valence electrons. The van der Waals surface area contributed by atoms with Crippen LogP contribution in [0, 0.1) is 10.8 Å². The van der Waals surface area contributed by atoms with Crippen molar-refractivity contribution in [3.05, 3.63) is 0 Å². The smallest absolute Gasteiger partial charge is 0.229 e. The van der Waals surface area contributed by atoms with E-state index in [9.17, 15) is 0 Å². The van der Waals surface area contributed by atoms with Crippen LogP contribution in [0.1, 0.15) is 348 Å². The molecular weight excluding hydrogens is 1180 g/mol. The molecule has 0 aromatic rings. The summed E-state index contributed by atoms with van der Waals surface area (Å²) in [5, 5.41) is 7.02. The molecule has 2 amide bonds. The van der Waals surface area contributed by atoms with E-state index in [1.807, 2.05) is 0 Å². The molecule has 0 spiro atoms. The summed E-state index contributed by atoms with van der Waals surface area (Å²) >= 11 is 0. The average molecular weight is 1380 g/mol. The third kappa shape index (κ3) is 35.4. The molecule has 0 fully saturated rings. The van der Waals surface area contributed by atoms with Crippen molar-refractivity contribution >= 4 is 60.3 Å². The summed E-state index contributed by atoms with van der Waals surface area (Å²) in [6, 6.07) is 24.8. The Balaban J connectivity index is 8.65. The molecule has 0 rings (SSSR count). The molecule has 0 bridgehead atoms. The van der Waals surface area contributed by atoms with Crippen LogP contribution in [0.15, 0.2) is 0 Å². The first-order valence-corrected chi connectivity index (χ1v) is 54.6. The van der Waals surface area contributed by atoms with E-state index in [-0.39, 0.29) is 29.1 Å². The summed E-state index contributed by atoms with van der Waals surface area (Å²) in [5.41, 5.74) is -0.686. The number of carbonyl (C=O) groups is 2. The molecular formula is C79H170N2O2Si6. The molecule has 0 saturated heterocycles. The Morgan fingerprint density at radius 2 is 0.371 bits per heavy atom. The van der Waals surface area contributed by atoms with Crippen LogP contribution in [0.5, 0.6) is 0 Å². The Bertz CT molecular complexity index is 1600. The second-order valence-electron chi connectivity index (χ2n) is 29.7. The van der Waals surface area contributed by atoms with Crippen molar-refractivity contribution in [1.82, 2.24) is 10.6 Å². The second kappa shape index (κ2) is 52.4. The number of hydrogen-bond donors (Lipinski definition) is 2. The average Bonchev–Trinajstić information content (AvgIpc) is 0.831. The van der Waals surface area contributed by atoms with E-state index in [1.165, 1.54) is 0 Å². The molecule has 89 heavy (non-hydrogen) atoms. The molecule has 10 heteroatoms. The third-order valence-electron chi connectivity index (χ3n) is 22.9. The molecule has 0 aliphatic heterocycles. The van der Waals surface area contributed by atoms with Crippen molar-refractivity contribution in [1.29, 1.82) is 0 Å². The van der Waals surface area contributed by atoms with Crippen LogP contribution in [0.4, 0.5) is 0 Å². The maximum absolute atomic E-state index is 15.2. The summed E-state index contributed by atoms with van der Waals surface area (Å²) in [5.74, 6) is -0.593. The summed E-state index contributed by atoms with van der Waals surface area (Å²) in [6.07, 6.45) is 25.6. The van der Waals surface area contributed by atoms with Gasteiger partial charge in [-0.2, -0.15) is 0 Å². The Labute approximate surface area is 594 Å². The van der Waals surface area contributed by atoms with Gasteiger partial charge in [0.25, 0.3) is 0 Å². The van der Waals surface area contributed by atoms with Gasteiger partial charge in [0, 0.05) is 37.8 Å². The van der Waals surface area contributed by atoms with Crippen LogP contribution in [-0.4, -0.2) is 73.3 Å². The number of nitrogens with one attached hydrogen (secondary N) is 2. The fourth-order valence-electron chi connectivity index (χ4n) is 18.4. The molecule has 0 heterocycles. The largest absolute Gasteiger partial charge is 0.355 e. The predicted octanol–water partition coefficient (Wildman–Crippen LogP) is 28.3. The molecule has 2 N–H and O–H groups in total. The van der Waals surface area contributed by atoms with Gasteiger partial charge in [0.2, 0.25) is 11.8 Å². The first-order valence-electron chi connectivity index (χ1n) is 50.4. The van der Waals surface area contributed by atoms with Gasteiger partial charge in [0.1, 0.15) is 6.42 Å². The maximum Gasteiger partial charge on any atom is 0.229 e. The zero-order valence-electron chi connectivity index (χ0n) is 77.8. The molecule has 4 nitrogen and oxygen atoms in total. The van der Waals surface area contributed by atoms with Crippen LogP contribution in [0.2, 0.25) is 145 Å². The Hall–Kier alpha value is 0.241. The first-order chi connectivity index (χ1) is 51.8. The molecule has 0 aromatic carbocycles. The molecule has 0 unspecified atom stereocenters. The second-order valence-corrected chi connectivity index (χ2v) is 59.7. The van der Waals surface area contributed by atoms with E-state index < -0.39 is 48.4 Å². The summed E-state index contributed by atoms with van der Waals surface area (Å²) in [6.45, 7) is 7.44. The molecule has 0 radical (unpaired) electrons. The van der Waals surface area contributed by atoms with Crippen LogP contribution >= 0.6 is 0 Å². The minimum atomic E-state index is -2.02. The van der Waals surface area contributed by atoms with Gasteiger partial charge in [0.05, 0.1) is 48.4 Å². The number of carbonyl (C=O) groups excluding carboxylic acids is 2. The van der Waals surface area contributed by atoms with Gasteiger partial charge < -0.3 is 10.6 Å². The van der Waals surface area contributed by atoms with E-state index in [4.69, 9.17) is 24.7 Å². The lowest BCUT2D eigenvalue weighted by Crippen LogP contribution is -2.43. The van der Waals surface area contributed by atoms with Crippen LogP contribution in [-0.2, 0) is 9.59 Å². The number of hydrogen-bond acceptors (Lipinski definition) is 2. The highest BCUT2D eigenvalue weighted by Crippen LogP contribution is 2.46. The van der Waals surface area contributed by atoms with E-state index in [0.29, 0.717) is 137 Å². The molecule has 0 aliphatic carbocycles. The standard InChI is InChI=1S/C79H170N2O2Si6/c1-19-49-84(50-20-2,51-21-3)67-37-43-78(44-38-68-85(52-22-4,53-23-5)54-24-6,45-39-69-86(55-25-7,56-26-8)57-27-9)74-80-76(82)73-77(83)81-75-79(46-40-70-87(58-28-10,59-29-11)60-30-12,47-41-71-88(61-31-13,62-32-14)63-33-15)48-42-72-89(64-34-16,65-35-17)66-36-18/h19-75H2,1-18H3,(H,80,82)(H,81,83)/i1T,2T,3T,4T,5T,6T,7T,8T,9T,10T,11T,12T,13T,14T,15T,16T,17T,18T. The lowest BCUT2D eigenvalue weighted by Gasteiger charge is -2.40. The van der Waals surface area contributed by atoms with E-state index in [2.05, 4.69) is 10.6 Å². The van der Waals surface area contributed by atoms with Gasteiger partial charge in [0.15, 0.2) is 0 Å². The molecule has 0 saturated carbocycles. The molecule has 0 aliphatic rings. The van der Waals surface area contributed by atoms with Crippen molar-refractivity contribution in [2.24, 2.45) is 10.8 Å². The zero-order valence-corrected chi connectivity index (χ0v) is 65.8. The van der Waals surface area contributed by atoms with E-state index >= 15 is 9.59 Å². The zero-order chi connectivity index (χ0) is 79.6. The van der Waals surface area contributed by atoms with Gasteiger partial charge in [-0.15, -0.1) is 0 Å². The van der Waals surface area contributed by atoms with Crippen molar-refractivity contribution in [2.75, 3.05) is 13.1 Å². The van der Waals surface area contributed by atoms with Crippen LogP contribution < -0.4 is 10.6 Å². The van der Waals surface area contributed by atoms with Gasteiger partial charge in [-0.25, -0.2) is 0 Å². The SMILES string of the molecule is [3H]CCC[Si](CCC[3H])(CCC[3H])CCCC(CCC[Si](CCC[3H])(CCC[3H])CCC[3H])(CCC[Si](CCC[3H])(CCC[3H])CCC[3H])CNC(=O)CC(=O)NCC(CCC[Si](CCC[3H])(CCC[3H])CCC[3H])(CCC[Si](CCC[3H])(CCC[3H])CCC[3H])CCC[Si](CCC[3H])(CCC[3H])CCC[3H]. The molecule has 0 aromatic heterocycles. The number of amides is 2. The van der Waals surface area contributed by atoms with E-state index in [1.54, 1.807) is 0 Å². The third-order valence-corrected chi connectivity index (χ3v) is 56.8. The van der Waals surface area contributed by atoms with Crippen LogP contribution in [0.3, 0.4) is 0 Å². The lowest BCUT2D eigenvalue weighted by atomic mass is 9.75. The minimum absolute atomic E-state index is 0.297. The first kappa shape index (κ1) is 61.6. The lowest BCUT2D eigenvalue weighted by molar-refractivity contribution is -0.130. The molecule has 0 atom stereocenters. The fourth-order valence-corrected chi connectivity index (χ4v) is 46.5. The summed E-state index contributed by atoms with van der Waals surface area (Å²) < 4.78 is 150. The summed E-state index contributed by atoms with van der Waals surface area (Å²) in [4.78, 5) is 30.4. The van der Waals surface area contributed by atoms with Gasteiger partial charge in [-0.3, -0.25) is 9.59 Å². The Morgan fingerprint density at radius 3 is 0.494 bits per heavy atom. The Morgan fingerprint density at radius 1 is 0.236 bits per heavy atom. The Kier molecular flexibility index (Phi) is 36.2. The highest BCUT2D eigenvalue weighted by molar-refractivity contribution is 6.82. The van der Waals surface area contributed by atoms with E-state index in [0.717, 1.165) is 338 Å². The van der Waals surface area contributed by atoms with Gasteiger partial charge >= 0.3 is 0 Å². The highest BCUT2D eigenvalue weighted by atomic mass is 28.3. The highest BCUT2D eigenvalue weighted by Gasteiger charge is 2.41. The minimum Gasteiger partial charge on any atom is -0.355 e. The van der Waals surface area contributed by atoms with Gasteiger partial charge in [-0.1, -0.05) is 423 Å². The topological polar surface area (TPSA) is 58.2 Å². The van der Waals surface area contributed by atoms with Gasteiger partial charge in [-0.05, 0) is 49.4 Å². The normalized spacial score (nSPS) is 15.9. The van der Waals surface area contributed by atoms with Crippen molar-refractivity contribution < 1.29 is 34.3 Å². The van der Waals surface area contributed by atoms with Crippen molar-refractivity contribution in [3.63, 3.8) is 0 Å². The van der Waals surface area contributed by atoms with Crippen molar-refractivity contribution in [2.45, 2.75) is 468 Å².